The molecule has 0 aromatic carbocycles. The lowest BCUT2D eigenvalue weighted by Crippen LogP contribution is -2.32. The standard InChI is InChI=1S/C10H15F2N5O/c1-3-17(2)8(18)5-14-9-6(11)4-7(12)10(15-9)16-13/h4H,3,5,13H2,1-2H3,(H2,14,15,16). The molecule has 0 aliphatic carbocycles. The first kappa shape index (κ1) is 14.1. The van der Waals surface area contributed by atoms with Gasteiger partial charge in [0.25, 0.3) is 0 Å². The Bertz CT molecular complexity index is 441. The highest BCUT2D eigenvalue weighted by Gasteiger charge is 2.13. The molecule has 0 radical (unpaired) electrons. The number of hydrogen-bond acceptors (Lipinski definition) is 5. The summed E-state index contributed by atoms with van der Waals surface area (Å²) < 4.78 is 26.4. The summed E-state index contributed by atoms with van der Waals surface area (Å²) in [6, 6.07) is 0.637. The number of nitrogens with zero attached hydrogens (tertiary/aromatic N) is 2. The lowest BCUT2D eigenvalue weighted by atomic mass is 10.4. The number of aromatic nitrogens is 1. The number of nitrogens with two attached hydrogens (primary N) is 1. The summed E-state index contributed by atoms with van der Waals surface area (Å²) in [5.74, 6) is 2.46. The van der Waals surface area contributed by atoms with Crippen LogP contribution >= 0.6 is 0 Å². The molecular formula is C10H15F2N5O. The molecule has 0 spiro atoms. The Balaban J connectivity index is 2.76. The Labute approximate surface area is 103 Å². The van der Waals surface area contributed by atoms with Crippen LogP contribution in [0.4, 0.5) is 20.4 Å². The van der Waals surface area contributed by atoms with E-state index in [2.05, 4.69) is 10.3 Å². The highest BCUT2D eigenvalue weighted by molar-refractivity contribution is 5.80. The molecule has 0 aliphatic rings. The number of halogens is 2. The fraction of sp³-hybridized carbons (Fsp3) is 0.400. The number of rotatable bonds is 5. The maximum atomic E-state index is 13.3. The number of hydrazine groups is 1. The second-order valence-corrected chi connectivity index (χ2v) is 3.56. The average molecular weight is 259 g/mol. The largest absolute Gasteiger partial charge is 0.358 e. The number of nitrogen functional groups attached to an aromatic ring is 1. The number of carbonyl (C=O) groups excluding carboxylic acids is 1. The number of nitrogens with one attached hydrogen (secondary N) is 2. The van der Waals surface area contributed by atoms with Gasteiger partial charge in [-0.2, -0.15) is 0 Å². The van der Waals surface area contributed by atoms with Gasteiger partial charge >= 0.3 is 0 Å². The van der Waals surface area contributed by atoms with E-state index in [0.717, 1.165) is 0 Å². The highest BCUT2D eigenvalue weighted by Crippen LogP contribution is 2.17. The van der Waals surface area contributed by atoms with E-state index in [0.29, 0.717) is 12.6 Å². The summed E-state index contributed by atoms with van der Waals surface area (Å²) in [7, 11) is 1.62. The van der Waals surface area contributed by atoms with Gasteiger partial charge in [0.2, 0.25) is 5.91 Å². The zero-order chi connectivity index (χ0) is 13.7. The molecule has 0 saturated heterocycles. The predicted molar refractivity (Wildman–Crippen MR) is 63.8 cm³/mol. The van der Waals surface area contributed by atoms with Crippen molar-refractivity contribution < 1.29 is 13.6 Å². The van der Waals surface area contributed by atoms with Crippen molar-refractivity contribution in [3.63, 3.8) is 0 Å². The van der Waals surface area contributed by atoms with Crippen LogP contribution in [-0.2, 0) is 4.79 Å². The molecule has 1 aromatic rings. The van der Waals surface area contributed by atoms with Crippen molar-refractivity contribution in [3.8, 4) is 0 Å². The SMILES string of the molecule is CCN(C)C(=O)CNc1nc(NN)c(F)cc1F. The van der Waals surface area contributed by atoms with Gasteiger partial charge in [-0.3, -0.25) is 4.79 Å². The van der Waals surface area contributed by atoms with Gasteiger partial charge in [-0.05, 0) is 6.92 Å². The summed E-state index contributed by atoms with van der Waals surface area (Å²) in [5, 5.41) is 2.49. The van der Waals surface area contributed by atoms with E-state index in [1.165, 1.54) is 4.90 Å². The first-order valence-electron chi connectivity index (χ1n) is 5.30. The fourth-order valence-corrected chi connectivity index (χ4v) is 1.16. The number of carbonyl (C=O) groups is 1. The van der Waals surface area contributed by atoms with Crippen LogP contribution in [0.15, 0.2) is 6.07 Å². The van der Waals surface area contributed by atoms with Crippen LogP contribution in [0.1, 0.15) is 6.92 Å². The monoisotopic (exact) mass is 259 g/mol. The Morgan fingerprint density at radius 1 is 1.44 bits per heavy atom. The first-order chi connectivity index (χ1) is 8.49. The number of amides is 1. The van der Waals surface area contributed by atoms with E-state index in [4.69, 9.17) is 5.84 Å². The maximum absolute atomic E-state index is 13.3. The van der Waals surface area contributed by atoms with Gasteiger partial charge in [-0.15, -0.1) is 0 Å². The molecule has 100 valence electrons. The smallest absolute Gasteiger partial charge is 0.241 e. The summed E-state index contributed by atoms with van der Waals surface area (Å²) in [5.41, 5.74) is 2.00. The van der Waals surface area contributed by atoms with Gasteiger partial charge in [0, 0.05) is 19.7 Å². The van der Waals surface area contributed by atoms with Gasteiger partial charge < -0.3 is 15.6 Å². The van der Waals surface area contributed by atoms with Crippen molar-refractivity contribution >= 4 is 17.5 Å². The zero-order valence-electron chi connectivity index (χ0n) is 10.1. The molecule has 18 heavy (non-hydrogen) atoms. The van der Waals surface area contributed by atoms with Crippen LogP contribution in [0.25, 0.3) is 0 Å². The minimum absolute atomic E-state index is 0.135. The molecule has 6 nitrogen and oxygen atoms in total. The summed E-state index contributed by atoms with van der Waals surface area (Å²) in [6.45, 7) is 2.21. The molecule has 0 unspecified atom stereocenters. The number of hydrogen-bond donors (Lipinski definition) is 3. The lowest BCUT2D eigenvalue weighted by molar-refractivity contribution is -0.127. The van der Waals surface area contributed by atoms with Crippen LogP contribution in [0.5, 0.6) is 0 Å². The van der Waals surface area contributed by atoms with Crippen LogP contribution in [-0.4, -0.2) is 35.9 Å². The summed E-state index contributed by atoms with van der Waals surface area (Å²) in [4.78, 5) is 16.5. The van der Waals surface area contributed by atoms with E-state index in [1.54, 1.807) is 7.05 Å². The van der Waals surface area contributed by atoms with E-state index in [9.17, 15) is 13.6 Å². The highest BCUT2D eigenvalue weighted by atomic mass is 19.1. The Morgan fingerprint density at radius 3 is 2.61 bits per heavy atom. The maximum Gasteiger partial charge on any atom is 0.241 e. The molecule has 0 saturated carbocycles. The first-order valence-corrected chi connectivity index (χ1v) is 5.30. The van der Waals surface area contributed by atoms with E-state index >= 15 is 0 Å². The van der Waals surface area contributed by atoms with Crippen LogP contribution < -0.4 is 16.6 Å². The molecular weight excluding hydrogens is 244 g/mol. The molecule has 1 aromatic heterocycles. The second-order valence-electron chi connectivity index (χ2n) is 3.56. The van der Waals surface area contributed by atoms with Crippen LogP contribution in [0, 0.1) is 11.6 Å². The van der Waals surface area contributed by atoms with Crippen molar-refractivity contribution in [2.75, 3.05) is 30.9 Å². The Kier molecular flexibility index (Phi) is 4.78. The summed E-state index contributed by atoms with van der Waals surface area (Å²) >= 11 is 0. The van der Waals surface area contributed by atoms with E-state index in [1.807, 2.05) is 12.3 Å². The van der Waals surface area contributed by atoms with Gasteiger partial charge in [0.05, 0.1) is 6.54 Å². The van der Waals surface area contributed by atoms with Crippen molar-refractivity contribution in [2.45, 2.75) is 6.92 Å². The third kappa shape index (κ3) is 3.27. The molecule has 1 rings (SSSR count). The molecule has 0 fully saturated rings. The van der Waals surface area contributed by atoms with Gasteiger partial charge in [0.1, 0.15) is 0 Å². The number of anilines is 2. The summed E-state index contributed by atoms with van der Waals surface area (Å²) in [6.07, 6.45) is 0. The normalized spacial score (nSPS) is 10.1. The quantitative estimate of drug-likeness (QED) is 0.531. The van der Waals surface area contributed by atoms with Gasteiger partial charge in [0.15, 0.2) is 23.3 Å². The molecule has 0 aliphatic heterocycles. The molecule has 4 N–H and O–H groups in total. The van der Waals surface area contributed by atoms with Crippen molar-refractivity contribution in [1.82, 2.24) is 9.88 Å². The average Bonchev–Trinajstić information content (AvgIpc) is 2.36. The minimum Gasteiger partial charge on any atom is -0.358 e. The zero-order valence-corrected chi connectivity index (χ0v) is 10.1. The number of likely N-dealkylation sites (N-methyl/N-ethyl adjacent to an activating group) is 1. The van der Waals surface area contributed by atoms with Crippen LogP contribution in [0.3, 0.4) is 0 Å². The third-order valence-electron chi connectivity index (χ3n) is 2.37. The molecule has 0 atom stereocenters. The predicted octanol–water partition coefficient (Wildman–Crippen LogP) is 0.536. The number of pyridine rings is 1. The van der Waals surface area contributed by atoms with Crippen molar-refractivity contribution in [2.24, 2.45) is 5.84 Å². The molecule has 1 heterocycles. The van der Waals surface area contributed by atoms with Crippen LogP contribution in [0.2, 0.25) is 0 Å². The van der Waals surface area contributed by atoms with Crippen molar-refractivity contribution in [1.29, 1.82) is 0 Å². The Morgan fingerprint density at radius 2 is 2.06 bits per heavy atom. The molecule has 0 bridgehead atoms. The van der Waals surface area contributed by atoms with Gasteiger partial charge in [-0.25, -0.2) is 19.6 Å². The third-order valence-corrected chi connectivity index (χ3v) is 2.37. The van der Waals surface area contributed by atoms with E-state index < -0.39 is 11.6 Å². The minimum atomic E-state index is -0.905. The molecule has 1 amide bonds. The Hall–Kier alpha value is -1.96. The molecule has 8 heteroatoms. The second kappa shape index (κ2) is 6.10. The topological polar surface area (TPSA) is 83.3 Å². The van der Waals surface area contributed by atoms with Gasteiger partial charge in [-0.1, -0.05) is 0 Å². The fourth-order valence-electron chi connectivity index (χ4n) is 1.16. The lowest BCUT2D eigenvalue weighted by Gasteiger charge is -2.15. The van der Waals surface area contributed by atoms with E-state index in [-0.39, 0.29) is 24.1 Å². The van der Waals surface area contributed by atoms with Crippen molar-refractivity contribution in [3.05, 3.63) is 17.7 Å².